The van der Waals surface area contributed by atoms with Crippen LogP contribution in [0.4, 0.5) is 8.78 Å². The highest BCUT2D eigenvalue weighted by Gasteiger charge is 2.27. The molecule has 1 aliphatic rings. The van der Waals surface area contributed by atoms with E-state index >= 15 is 0 Å². The van der Waals surface area contributed by atoms with Gasteiger partial charge in [-0.25, -0.2) is 8.78 Å². The van der Waals surface area contributed by atoms with Crippen LogP contribution in [0, 0.1) is 11.6 Å². The first kappa shape index (κ1) is 13.9. The molecule has 1 aromatic carbocycles. The van der Waals surface area contributed by atoms with E-state index in [4.69, 9.17) is 0 Å². The monoisotopic (exact) mass is 268 g/mol. The van der Waals surface area contributed by atoms with Gasteiger partial charge in [0.2, 0.25) is 5.91 Å². The molecule has 1 aromatic rings. The van der Waals surface area contributed by atoms with Crippen LogP contribution < -0.4 is 5.32 Å². The number of benzene rings is 1. The summed E-state index contributed by atoms with van der Waals surface area (Å²) in [5.41, 5.74) is 0.615. The Morgan fingerprint density at radius 3 is 2.84 bits per heavy atom. The minimum Gasteiger partial charge on any atom is -0.337 e. The van der Waals surface area contributed by atoms with Gasteiger partial charge in [-0.05, 0) is 37.1 Å². The summed E-state index contributed by atoms with van der Waals surface area (Å²) in [6, 6.07) is 3.62. The number of amides is 1. The molecule has 104 valence electrons. The van der Waals surface area contributed by atoms with Crippen molar-refractivity contribution < 1.29 is 13.6 Å². The van der Waals surface area contributed by atoms with Gasteiger partial charge >= 0.3 is 0 Å². The summed E-state index contributed by atoms with van der Waals surface area (Å²) in [6.45, 7) is 3.70. The lowest BCUT2D eigenvalue weighted by Gasteiger charge is -2.32. The Morgan fingerprint density at radius 1 is 1.37 bits per heavy atom. The first-order valence-corrected chi connectivity index (χ1v) is 6.58. The number of piperidine rings is 1. The zero-order valence-corrected chi connectivity index (χ0v) is 11.0. The van der Waals surface area contributed by atoms with Crippen LogP contribution in [0.25, 0.3) is 0 Å². The van der Waals surface area contributed by atoms with Crippen LogP contribution >= 0.6 is 0 Å². The molecule has 5 heteroatoms. The Balaban J connectivity index is 2.05. The van der Waals surface area contributed by atoms with Gasteiger partial charge in [-0.2, -0.15) is 0 Å². The maximum absolute atomic E-state index is 13.1. The van der Waals surface area contributed by atoms with Crippen LogP contribution in [0.1, 0.15) is 25.3 Å². The van der Waals surface area contributed by atoms with Gasteiger partial charge in [0.05, 0.1) is 6.04 Å². The van der Waals surface area contributed by atoms with Crippen LogP contribution in [0.5, 0.6) is 0 Å². The second-order valence-corrected chi connectivity index (χ2v) is 4.76. The van der Waals surface area contributed by atoms with Crippen molar-refractivity contribution >= 4 is 5.91 Å². The fourth-order valence-electron chi connectivity index (χ4n) is 2.39. The number of hydrogen-bond acceptors (Lipinski definition) is 2. The van der Waals surface area contributed by atoms with Crippen molar-refractivity contribution in [3.63, 3.8) is 0 Å². The van der Waals surface area contributed by atoms with E-state index in [0.29, 0.717) is 18.7 Å². The van der Waals surface area contributed by atoms with Crippen molar-refractivity contribution in [1.29, 1.82) is 0 Å². The second-order valence-electron chi connectivity index (χ2n) is 4.76. The normalized spacial score (nSPS) is 19.8. The maximum Gasteiger partial charge on any atom is 0.240 e. The highest BCUT2D eigenvalue weighted by molar-refractivity contribution is 5.82. The molecule has 0 radical (unpaired) electrons. The highest BCUT2D eigenvalue weighted by atomic mass is 19.2. The van der Waals surface area contributed by atoms with Crippen molar-refractivity contribution in [3.05, 3.63) is 35.4 Å². The molecule has 3 nitrogen and oxygen atoms in total. The van der Waals surface area contributed by atoms with Crippen LogP contribution in [0.3, 0.4) is 0 Å². The third-order valence-corrected chi connectivity index (χ3v) is 3.34. The number of halogens is 2. The lowest BCUT2D eigenvalue weighted by Crippen LogP contribution is -2.50. The molecule has 1 amide bonds. The van der Waals surface area contributed by atoms with Crippen LogP contribution in [-0.2, 0) is 11.3 Å². The van der Waals surface area contributed by atoms with Crippen molar-refractivity contribution in [2.45, 2.75) is 32.4 Å². The Labute approximate surface area is 111 Å². The summed E-state index contributed by atoms with van der Waals surface area (Å²) >= 11 is 0. The van der Waals surface area contributed by atoms with Gasteiger partial charge in [0.25, 0.3) is 0 Å². The molecule has 0 aromatic heterocycles. The smallest absolute Gasteiger partial charge is 0.240 e. The summed E-state index contributed by atoms with van der Waals surface area (Å²) in [6.07, 6.45) is 1.76. The minimum atomic E-state index is -0.870. The van der Waals surface area contributed by atoms with Gasteiger partial charge in [0, 0.05) is 13.1 Å². The molecule has 2 rings (SSSR count). The predicted molar refractivity (Wildman–Crippen MR) is 68.5 cm³/mol. The van der Waals surface area contributed by atoms with Crippen LogP contribution in [0.15, 0.2) is 18.2 Å². The van der Waals surface area contributed by atoms with Gasteiger partial charge in [-0.15, -0.1) is 0 Å². The van der Waals surface area contributed by atoms with Crippen molar-refractivity contribution in [1.82, 2.24) is 10.2 Å². The van der Waals surface area contributed by atoms with Gasteiger partial charge in [-0.1, -0.05) is 13.0 Å². The molecule has 1 N–H and O–H groups in total. The summed E-state index contributed by atoms with van der Waals surface area (Å²) in [7, 11) is 0. The summed E-state index contributed by atoms with van der Waals surface area (Å²) in [5.74, 6) is -1.69. The number of carbonyl (C=O) groups excluding carboxylic acids is 1. The zero-order valence-electron chi connectivity index (χ0n) is 11.0. The molecule has 0 aliphatic carbocycles. The standard InChI is InChI=1S/C14H18F2N2O/c1-2-17-13-4-3-7-18(14(13)19)9-10-5-6-11(15)12(16)8-10/h5-6,8,13,17H,2-4,7,9H2,1H3. The second kappa shape index (κ2) is 6.10. The summed E-state index contributed by atoms with van der Waals surface area (Å²) in [5, 5.41) is 3.15. The molecule has 1 heterocycles. The van der Waals surface area contributed by atoms with Crippen LogP contribution in [0.2, 0.25) is 0 Å². The average Bonchev–Trinajstić information content (AvgIpc) is 2.39. The topological polar surface area (TPSA) is 32.3 Å². The first-order valence-electron chi connectivity index (χ1n) is 6.58. The lowest BCUT2D eigenvalue weighted by atomic mass is 10.0. The van der Waals surface area contributed by atoms with Crippen molar-refractivity contribution in [2.24, 2.45) is 0 Å². The number of nitrogens with zero attached hydrogens (tertiary/aromatic N) is 1. The number of likely N-dealkylation sites (tertiary alicyclic amines) is 1. The SMILES string of the molecule is CCNC1CCCN(Cc2ccc(F)c(F)c2)C1=O. The lowest BCUT2D eigenvalue weighted by molar-refractivity contribution is -0.136. The molecule has 0 saturated carbocycles. The van der Waals surface area contributed by atoms with E-state index in [0.717, 1.165) is 31.5 Å². The van der Waals surface area contributed by atoms with Gasteiger partial charge in [0.15, 0.2) is 11.6 Å². The summed E-state index contributed by atoms with van der Waals surface area (Å²) < 4.78 is 26.0. The molecule has 0 bridgehead atoms. The molecule has 1 atom stereocenters. The van der Waals surface area contributed by atoms with Crippen molar-refractivity contribution in [2.75, 3.05) is 13.1 Å². The minimum absolute atomic E-state index is 0.0397. The average molecular weight is 268 g/mol. The molecule has 1 saturated heterocycles. The fraction of sp³-hybridized carbons (Fsp3) is 0.500. The molecule has 0 spiro atoms. The molecule has 19 heavy (non-hydrogen) atoms. The van der Waals surface area contributed by atoms with Gasteiger partial charge in [0.1, 0.15) is 0 Å². The number of likely N-dealkylation sites (N-methyl/N-ethyl adjacent to an activating group) is 1. The quantitative estimate of drug-likeness (QED) is 0.906. The number of hydrogen-bond donors (Lipinski definition) is 1. The summed E-state index contributed by atoms with van der Waals surface area (Å²) in [4.78, 5) is 13.9. The van der Waals surface area contributed by atoms with E-state index in [9.17, 15) is 13.6 Å². The van der Waals surface area contributed by atoms with E-state index in [1.165, 1.54) is 6.07 Å². The van der Waals surface area contributed by atoms with E-state index in [-0.39, 0.29) is 11.9 Å². The van der Waals surface area contributed by atoms with Gasteiger partial charge in [-0.3, -0.25) is 4.79 Å². The van der Waals surface area contributed by atoms with Crippen LogP contribution in [-0.4, -0.2) is 29.9 Å². The molecule has 1 aliphatic heterocycles. The zero-order chi connectivity index (χ0) is 13.8. The Hall–Kier alpha value is -1.49. The van der Waals surface area contributed by atoms with E-state index in [1.807, 2.05) is 6.92 Å². The first-order chi connectivity index (χ1) is 9.11. The maximum atomic E-state index is 13.1. The van der Waals surface area contributed by atoms with E-state index in [2.05, 4.69) is 5.32 Å². The molecular formula is C14H18F2N2O. The molecule has 1 unspecified atom stereocenters. The number of nitrogens with one attached hydrogen (secondary N) is 1. The predicted octanol–water partition coefficient (Wildman–Crippen LogP) is 2.07. The molecule has 1 fully saturated rings. The largest absolute Gasteiger partial charge is 0.337 e. The Morgan fingerprint density at radius 2 is 2.16 bits per heavy atom. The Kier molecular flexibility index (Phi) is 4.47. The van der Waals surface area contributed by atoms with Gasteiger partial charge < -0.3 is 10.2 Å². The van der Waals surface area contributed by atoms with Crippen molar-refractivity contribution in [3.8, 4) is 0 Å². The third-order valence-electron chi connectivity index (χ3n) is 3.34. The molecular weight excluding hydrogens is 250 g/mol. The fourth-order valence-corrected chi connectivity index (χ4v) is 2.39. The highest BCUT2D eigenvalue weighted by Crippen LogP contribution is 2.16. The van der Waals surface area contributed by atoms with E-state index < -0.39 is 11.6 Å². The Bertz CT molecular complexity index is 463. The third kappa shape index (κ3) is 3.29. The number of rotatable bonds is 4. The number of carbonyl (C=O) groups is 1. The van der Waals surface area contributed by atoms with E-state index in [1.54, 1.807) is 4.90 Å².